The van der Waals surface area contributed by atoms with Gasteiger partial charge in [-0.15, -0.1) is 11.6 Å². The number of esters is 1. The predicted octanol–water partition coefficient (Wildman–Crippen LogP) is 5.43. The topological polar surface area (TPSA) is 90.9 Å². The molecule has 2 unspecified atom stereocenters. The van der Waals surface area contributed by atoms with Gasteiger partial charge in [-0.2, -0.15) is 0 Å². The Balaban J connectivity index is 2.09. The first kappa shape index (κ1) is 30.5. The Morgan fingerprint density at radius 2 is 1.61 bits per heavy atom. The number of rotatable bonds is 13. The monoisotopic (exact) mass is 579 g/mol. The van der Waals surface area contributed by atoms with Crippen molar-refractivity contribution >= 4 is 50.8 Å². The molecule has 0 aromatic heterocycles. The lowest BCUT2D eigenvalue weighted by atomic mass is 9.78. The molecule has 36 heavy (non-hydrogen) atoms. The number of carbonyl (C=O) groups excluding carboxylic acids is 1. The van der Waals surface area contributed by atoms with Crippen LogP contribution in [-0.2, 0) is 25.0 Å². The molecule has 2 rings (SSSR count). The van der Waals surface area contributed by atoms with Crippen LogP contribution in [0.3, 0.4) is 0 Å². The van der Waals surface area contributed by atoms with Gasteiger partial charge in [0.2, 0.25) is 10.0 Å². The van der Waals surface area contributed by atoms with Crippen molar-refractivity contribution in [1.82, 2.24) is 4.72 Å². The predicted molar refractivity (Wildman–Crippen MR) is 144 cm³/mol. The lowest BCUT2D eigenvalue weighted by Crippen LogP contribution is -2.29. The number of hydrogen-bond acceptors (Lipinski definition) is 6. The fourth-order valence-corrected chi connectivity index (χ4v) is 4.64. The van der Waals surface area contributed by atoms with E-state index in [-0.39, 0.29) is 18.4 Å². The second kappa shape index (κ2) is 13.2. The highest BCUT2D eigenvalue weighted by Crippen LogP contribution is 2.40. The third-order valence-electron chi connectivity index (χ3n) is 5.44. The van der Waals surface area contributed by atoms with Gasteiger partial charge in [0.25, 0.3) is 0 Å². The summed E-state index contributed by atoms with van der Waals surface area (Å²) >= 11 is 18.8. The quantitative estimate of drug-likeness (QED) is 0.251. The minimum Gasteiger partial charge on any atom is -0.493 e. The maximum Gasteiger partial charge on any atom is 0.303 e. The highest BCUT2D eigenvalue weighted by Gasteiger charge is 2.26. The first-order valence-electron chi connectivity index (χ1n) is 11.3. The molecule has 11 heteroatoms. The number of nitrogens with one attached hydrogen (secondary N) is 1. The highest BCUT2D eigenvalue weighted by molar-refractivity contribution is 7.88. The van der Waals surface area contributed by atoms with Crippen LogP contribution < -0.4 is 14.2 Å². The van der Waals surface area contributed by atoms with E-state index in [4.69, 9.17) is 49.0 Å². The molecule has 0 bridgehead atoms. The van der Waals surface area contributed by atoms with Crippen LogP contribution in [0.1, 0.15) is 38.8 Å². The Morgan fingerprint density at radius 1 is 1.03 bits per heavy atom. The molecular formula is C25H32Cl3NO6S. The summed E-state index contributed by atoms with van der Waals surface area (Å²) in [6.07, 6.45) is 0.511. The number of benzene rings is 2. The first-order chi connectivity index (χ1) is 16.7. The standard InChI is InChI=1S/C25H32Cl3NO6S/c1-16(13-29-36(5,31)32)14-33-20-8-6-18(7-9-20)25(3,4)19-10-22(27)24(23(28)11-19)34-15-21(12-26)35-17(2)30/h6-11,16,21,29H,12-15H2,1-5H3. The molecule has 0 heterocycles. The van der Waals surface area contributed by atoms with Crippen LogP contribution in [0.5, 0.6) is 11.5 Å². The molecule has 2 atom stereocenters. The zero-order valence-corrected chi connectivity index (χ0v) is 24.0. The molecule has 0 aliphatic carbocycles. The summed E-state index contributed by atoms with van der Waals surface area (Å²) in [6, 6.07) is 11.3. The second-order valence-electron chi connectivity index (χ2n) is 9.15. The summed E-state index contributed by atoms with van der Waals surface area (Å²) in [5.41, 5.74) is 1.46. The van der Waals surface area contributed by atoms with Crippen LogP contribution in [0, 0.1) is 5.92 Å². The van der Waals surface area contributed by atoms with E-state index >= 15 is 0 Å². The van der Waals surface area contributed by atoms with Gasteiger partial charge in [-0.3, -0.25) is 4.79 Å². The van der Waals surface area contributed by atoms with Crippen LogP contribution in [0.15, 0.2) is 36.4 Å². The van der Waals surface area contributed by atoms with Gasteiger partial charge in [0, 0.05) is 24.8 Å². The van der Waals surface area contributed by atoms with Crippen molar-refractivity contribution in [1.29, 1.82) is 0 Å². The third kappa shape index (κ3) is 9.30. The van der Waals surface area contributed by atoms with Crippen molar-refractivity contribution in [2.24, 2.45) is 5.92 Å². The maximum atomic E-state index is 11.2. The Hall–Kier alpha value is -1.71. The van der Waals surface area contributed by atoms with E-state index in [9.17, 15) is 13.2 Å². The average molecular weight is 581 g/mol. The summed E-state index contributed by atoms with van der Waals surface area (Å²) in [5.74, 6) is 0.615. The van der Waals surface area contributed by atoms with Crippen LogP contribution in [0.2, 0.25) is 10.0 Å². The summed E-state index contributed by atoms with van der Waals surface area (Å²) in [4.78, 5) is 11.2. The Labute approximate surface area is 228 Å². The van der Waals surface area contributed by atoms with Crippen LogP contribution in [0.25, 0.3) is 0 Å². The maximum absolute atomic E-state index is 11.2. The minimum atomic E-state index is -3.23. The fourth-order valence-electron chi connectivity index (χ4n) is 3.31. The number of ether oxygens (including phenoxy) is 3. The fraction of sp³-hybridized carbons (Fsp3) is 0.480. The van der Waals surface area contributed by atoms with Crippen molar-refractivity contribution in [3.63, 3.8) is 0 Å². The number of carbonyl (C=O) groups is 1. The van der Waals surface area contributed by atoms with Gasteiger partial charge in [0.15, 0.2) is 5.75 Å². The molecule has 0 aliphatic heterocycles. The van der Waals surface area contributed by atoms with Gasteiger partial charge < -0.3 is 14.2 Å². The molecule has 7 nitrogen and oxygen atoms in total. The molecule has 0 saturated heterocycles. The Morgan fingerprint density at radius 3 is 2.11 bits per heavy atom. The van der Waals surface area contributed by atoms with Crippen LogP contribution >= 0.6 is 34.8 Å². The van der Waals surface area contributed by atoms with Crippen molar-refractivity contribution in [3.05, 3.63) is 57.6 Å². The number of sulfonamides is 1. The van der Waals surface area contributed by atoms with E-state index in [1.54, 1.807) is 12.1 Å². The first-order valence-corrected chi connectivity index (χ1v) is 14.4. The molecule has 0 radical (unpaired) electrons. The van der Waals surface area contributed by atoms with E-state index < -0.39 is 27.5 Å². The van der Waals surface area contributed by atoms with E-state index in [1.165, 1.54) is 6.92 Å². The van der Waals surface area contributed by atoms with E-state index in [1.807, 2.05) is 31.2 Å². The van der Waals surface area contributed by atoms with Crippen molar-refractivity contribution in [3.8, 4) is 11.5 Å². The minimum absolute atomic E-state index is 0.00889. The normalized spacial score (nSPS) is 13.7. The Kier molecular flexibility index (Phi) is 11.2. The summed E-state index contributed by atoms with van der Waals surface area (Å²) in [6.45, 7) is 8.01. The van der Waals surface area contributed by atoms with Crippen molar-refractivity contribution in [2.45, 2.75) is 39.2 Å². The molecule has 0 spiro atoms. The van der Waals surface area contributed by atoms with Crippen molar-refractivity contribution < 1.29 is 27.4 Å². The molecule has 0 aliphatic rings. The van der Waals surface area contributed by atoms with Crippen LogP contribution in [-0.4, -0.2) is 52.4 Å². The molecular weight excluding hydrogens is 549 g/mol. The number of halogens is 3. The van der Waals surface area contributed by atoms with Gasteiger partial charge in [-0.1, -0.05) is 56.1 Å². The second-order valence-corrected chi connectivity index (χ2v) is 12.1. The zero-order valence-electron chi connectivity index (χ0n) is 20.9. The van der Waals surface area contributed by atoms with Gasteiger partial charge in [0.1, 0.15) is 18.5 Å². The highest BCUT2D eigenvalue weighted by atomic mass is 35.5. The smallest absolute Gasteiger partial charge is 0.303 e. The molecule has 2 aromatic carbocycles. The molecule has 0 saturated carbocycles. The van der Waals surface area contributed by atoms with Gasteiger partial charge in [-0.05, 0) is 35.4 Å². The van der Waals surface area contributed by atoms with Crippen molar-refractivity contribution in [2.75, 3.05) is 31.9 Å². The van der Waals surface area contributed by atoms with Gasteiger partial charge in [0.05, 0.1) is 28.8 Å². The molecule has 1 N–H and O–H groups in total. The van der Waals surface area contributed by atoms with Crippen LogP contribution in [0.4, 0.5) is 0 Å². The van der Waals surface area contributed by atoms with E-state index in [0.717, 1.165) is 17.4 Å². The van der Waals surface area contributed by atoms with E-state index in [2.05, 4.69) is 18.6 Å². The number of alkyl halides is 1. The molecule has 2 aromatic rings. The van der Waals surface area contributed by atoms with E-state index in [0.29, 0.717) is 34.7 Å². The summed E-state index contributed by atoms with van der Waals surface area (Å²) in [7, 11) is -3.23. The molecule has 0 amide bonds. The molecule has 200 valence electrons. The SMILES string of the molecule is CC(=O)OC(CCl)COc1c(Cl)cc(C(C)(C)c2ccc(OCC(C)CNS(C)(=O)=O)cc2)cc1Cl. The molecule has 0 fully saturated rings. The van der Waals surface area contributed by atoms with Gasteiger partial charge >= 0.3 is 5.97 Å². The van der Waals surface area contributed by atoms with Gasteiger partial charge in [-0.25, -0.2) is 13.1 Å². The summed E-state index contributed by atoms with van der Waals surface area (Å²) < 4.78 is 41.5. The summed E-state index contributed by atoms with van der Waals surface area (Å²) in [5, 5.41) is 0.664. The Bertz CT molecular complexity index is 1120. The zero-order chi connectivity index (χ0) is 27.1. The lowest BCUT2D eigenvalue weighted by molar-refractivity contribution is -0.146. The number of hydrogen-bond donors (Lipinski definition) is 1. The lowest BCUT2D eigenvalue weighted by Gasteiger charge is -2.27. The third-order valence-corrected chi connectivity index (χ3v) is 7.04. The average Bonchev–Trinajstić information content (AvgIpc) is 2.79. The largest absolute Gasteiger partial charge is 0.493 e.